The van der Waals surface area contributed by atoms with Crippen molar-refractivity contribution >= 4 is 17.5 Å². The molecule has 0 spiro atoms. The van der Waals surface area contributed by atoms with Gasteiger partial charge >= 0.3 is 0 Å². The number of nitrogen functional groups attached to an aromatic ring is 1. The molecule has 5 nitrogen and oxygen atoms in total. The molecule has 0 radical (unpaired) electrons. The highest BCUT2D eigenvalue weighted by molar-refractivity contribution is 6.01. The summed E-state index contributed by atoms with van der Waals surface area (Å²) in [6.07, 6.45) is 3.21. The Bertz CT molecular complexity index is 554. The first-order valence-corrected chi connectivity index (χ1v) is 7.33. The molecule has 114 valence electrons. The third-order valence-electron chi connectivity index (χ3n) is 3.92. The summed E-state index contributed by atoms with van der Waals surface area (Å²) < 4.78 is 0. The summed E-state index contributed by atoms with van der Waals surface area (Å²) >= 11 is 0. The molecule has 1 atom stereocenters. The molecular weight excluding hydrogens is 266 g/mol. The average molecular weight is 289 g/mol. The highest BCUT2D eigenvalue weighted by Crippen LogP contribution is 2.21. The minimum atomic E-state index is -0.150. The zero-order valence-electron chi connectivity index (χ0n) is 12.9. The van der Waals surface area contributed by atoms with E-state index >= 15 is 0 Å². The van der Waals surface area contributed by atoms with Crippen LogP contribution in [0.25, 0.3) is 0 Å². The van der Waals surface area contributed by atoms with Crippen molar-refractivity contribution in [2.24, 2.45) is 0 Å². The zero-order chi connectivity index (χ0) is 15.6. The first-order chi connectivity index (χ1) is 9.90. The van der Waals surface area contributed by atoms with Crippen LogP contribution >= 0.6 is 0 Å². The monoisotopic (exact) mass is 289 g/mol. The molecule has 2 N–H and O–H groups in total. The molecule has 0 aliphatic carbocycles. The summed E-state index contributed by atoms with van der Waals surface area (Å²) in [5.41, 5.74) is 7.24. The quantitative estimate of drug-likeness (QED) is 0.847. The second-order valence-corrected chi connectivity index (χ2v) is 5.89. The Labute approximate surface area is 125 Å². The van der Waals surface area contributed by atoms with Crippen LogP contribution in [-0.2, 0) is 0 Å². The Morgan fingerprint density at radius 2 is 1.86 bits per heavy atom. The Hall–Kier alpha value is -2.04. The number of amides is 2. The third kappa shape index (κ3) is 3.35. The van der Waals surface area contributed by atoms with E-state index in [0.717, 1.165) is 25.8 Å². The highest BCUT2D eigenvalue weighted by atomic mass is 16.2. The van der Waals surface area contributed by atoms with Crippen LogP contribution in [0.3, 0.4) is 0 Å². The Morgan fingerprint density at radius 3 is 2.48 bits per heavy atom. The summed E-state index contributed by atoms with van der Waals surface area (Å²) in [4.78, 5) is 28.1. The van der Waals surface area contributed by atoms with E-state index in [2.05, 4.69) is 6.92 Å². The maximum Gasteiger partial charge on any atom is 0.254 e. The van der Waals surface area contributed by atoms with Crippen LogP contribution in [0.2, 0.25) is 0 Å². The van der Waals surface area contributed by atoms with E-state index in [0.29, 0.717) is 16.8 Å². The molecule has 21 heavy (non-hydrogen) atoms. The largest absolute Gasteiger partial charge is 0.399 e. The number of rotatable bonds is 2. The maximum atomic E-state index is 12.7. The Morgan fingerprint density at radius 1 is 1.19 bits per heavy atom. The third-order valence-corrected chi connectivity index (χ3v) is 3.92. The van der Waals surface area contributed by atoms with Crippen LogP contribution in [0.15, 0.2) is 18.2 Å². The van der Waals surface area contributed by atoms with Crippen LogP contribution in [0.1, 0.15) is 46.9 Å². The SMILES string of the molecule is CC1CCCCN1C(=O)c1cc(N)cc(C(=O)N(C)C)c1. The van der Waals surface area contributed by atoms with Crippen molar-refractivity contribution < 1.29 is 9.59 Å². The second-order valence-electron chi connectivity index (χ2n) is 5.89. The Kier molecular flexibility index (Phi) is 4.50. The van der Waals surface area contributed by atoms with E-state index in [-0.39, 0.29) is 17.9 Å². The minimum absolute atomic E-state index is 0.0395. The summed E-state index contributed by atoms with van der Waals surface area (Å²) in [5, 5.41) is 0. The molecule has 2 amide bonds. The van der Waals surface area contributed by atoms with Gasteiger partial charge in [0, 0.05) is 43.5 Å². The summed E-state index contributed by atoms with van der Waals surface area (Å²) in [6.45, 7) is 2.83. The molecule has 0 bridgehead atoms. The average Bonchev–Trinajstić information content (AvgIpc) is 2.45. The van der Waals surface area contributed by atoms with E-state index in [9.17, 15) is 9.59 Å². The number of benzene rings is 1. The van der Waals surface area contributed by atoms with E-state index in [1.807, 2.05) is 4.90 Å². The maximum absolute atomic E-state index is 12.7. The predicted molar refractivity (Wildman–Crippen MR) is 83.2 cm³/mol. The predicted octanol–water partition coefficient (Wildman–Crippen LogP) is 1.99. The lowest BCUT2D eigenvalue weighted by Gasteiger charge is -2.33. The van der Waals surface area contributed by atoms with E-state index < -0.39 is 0 Å². The van der Waals surface area contributed by atoms with Gasteiger partial charge in [-0.25, -0.2) is 0 Å². The molecule has 1 aliphatic heterocycles. The van der Waals surface area contributed by atoms with Gasteiger partial charge in [0.1, 0.15) is 0 Å². The van der Waals surface area contributed by atoms with Crippen molar-refractivity contribution in [3.05, 3.63) is 29.3 Å². The van der Waals surface area contributed by atoms with Crippen molar-refractivity contribution in [2.45, 2.75) is 32.2 Å². The van der Waals surface area contributed by atoms with Gasteiger partial charge in [-0.05, 0) is 44.4 Å². The van der Waals surface area contributed by atoms with Gasteiger partial charge in [-0.15, -0.1) is 0 Å². The summed E-state index contributed by atoms with van der Waals surface area (Å²) in [7, 11) is 3.36. The smallest absolute Gasteiger partial charge is 0.254 e. The number of carbonyl (C=O) groups excluding carboxylic acids is 2. The standard InChI is InChI=1S/C16H23N3O2/c1-11-6-4-5-7-19(11)16(21)13-8-12(9-14(17)10-13)15(20)18(2)3/h8-11H,4-7,17H2,1-3H3. The number of hydrogen-bond donors (Lipinski definition) is 1. The van der Waals surface area contributed by atoms with Crippen LogP contribution in [0, 0.1) is 0 Å². The first-order valence-electron chi connectivity index (χ1n) is 7.33. The molecule has 1 aromatic carbocycles. The van der Waals surface area contributed by atoms with Gasteiger partial charge in [0.05, 0.1) is 0 Å². The van der Waals surface area contributed by atoms with Crippen molar-refractivity contribution in [3.8, 4) is 0 Å². The molecule has 1 saturated heterocycles. The summed E-state index contributed by atoms with van der Waals surface area (Å²) in [6, 6.07) is 5.14. The molecule has 2 rings (SSSR count). The van der Waals surface area contributed by atoms with Gasteiger partial charge in [0.15, 0.2) is 0 Å². The van der Waals surface area contributed by atoms with Crippen molar-refractivity contribution in [1.29, 1.82) is 0 Å². The second kappa shape index (κ2) is 6.16. The van der Waals surface area contributed by atoms with Crippen LogP contribution in [-0.4, -0.2) is 48.3 Å². The number of nitrogens with two attached hydrogens (primary N) is 1. The zero-order valence-corrected chi connectivity index (χ0v) is 12.9. The van der Waals surface area contributed by atoms with E-state index in [4.69, 9.17) is 5.73 Å². The van der Waals surface area contributed by atoms with Crippen LogP contribution in [0.4, 0.5) is 5.69 Å². The van der Waals surface area contributed by atoms with Gasteiger partial charge < -0.3 is 15.5 Å². The number of nitrogens with zero attached hydrogens (tertiary/aromatic N) is 2. The lowest BCUT2D eigenvalue weighted by Crippen LogP contribution is -2.42. The molecule has 5 heteroatoms. The first kappa shape index (κ1) is 15.4. The minimum Gasteiger partial charge on any atom is -0.399 e. The number of anilines is 1. The van der Waals surface area contributed by atoms with Gasteiger partial charge in [-0.2, -0.15) is 0 Å². The number of piperidine rings is 1. The topological polar surface area (TPSA) is 66.6 Å². The molecule has 1 fully saturated rings. The van der Waals surface area contributed by atoms with Gasteiger partial charge in [-0.1, -0.05) is 0 Å². The molecule has 0 saturated carbocycles. The van der Waals surface area contributed by atoms with Crippen molar-refractivity contribution in [1.82, 2.24) is 9.80 Å². The van der Waals surface area contributed by atoms with Crippen molar-refractivity contribution in [2.75, 3.05) is 26.4 Å². The number of hydrogen-bond acceptors (Lipinski definition) is 3. The Balaban J connectivity index is 2.30. The molecule has 1 aromatic rings. The lowest BCUT2D eigenvalue weighted by atomic mass is 10.0. The van der Waals surface area contributed by atoms with Gasteiger partial charge in [0.2, 0.25) is 0 Å². The number of likely N-dealkylation sites (tertiary alicyclic amines) is 1. The van der Waals surface area contributed by atoms with E-state index in [1.165, 1.54) is 4.90 Å². The highest BCUT2D eigenvalue weighted by Gasteiger charge is 2.25. The van der Waals surface area contributed by atoms with Gasteiger partial charge in [0.25, 0.3) is 11.8 Å². The molecule has 1 aliphatic rings. The molecule has 0 aromatic heterocycles. The molecular formula is C16H23N3O2. The van der Waals surface area contributed by atoms with Crippen LogP contribution in [0.5, 0.6) is 0 Å². The normalized spacial score (nSPS) is 18.4. The van der Waals surface area contributed by atoms with Crippen LogP contribution < -0.4 is 5.73 Å². The fourth-order valence-corrected chi connectivity index (χ4v) is 2.72. The molecule has 1 unspecified atom stereocenters. The fraction of sp³-hybridized carbons (Fsp3) is 0.500. The van der Waals surface area contributed by atoms with E-state index in [1.54, 1.807) is 32.3 Å². The van der Waals surface area contributed by atoms with Gasteiger partial charge in [-0.3, -0.25) is 9.59 Å². The number of carbonyl (C=O) groups is 2. The summed E-state index contributed by atoms with van der Waals surface area (Å²) in [5.74, 6) is -0.189. The fourth-order valence-electron chi connectivity index (χ4n) is 2.72. The molecule has 1 heterocycles. The lowest BCUT2D eigenvalue weighted by molar-refractivity contribution is 0.0635. The van der Waals surface area contributed by atoms with Crippen molar-refractivity contribution in [3.63, 3.8) is 0 Å².